The van der Waals surface area contributed by atoms with Crippen LogP contribution in [-0.4, -0.2) is 0 Å². The summed E-state index contributed by atoms with van der Waals surface area (Å²) in [7, 11) is 0. The van der Waals surface area contributed by atoms with Crippen molar-refractivity contribution < 1.29 is 0 Å². The first-order chi connectivity index (χ1) is 30.3. The SMILES string of the molecule is CC1(C)c2ccccc2N2c3cc4c(cc3C(C)(C)c3cccc1c32)-c1cc2c(cc1C41C3=CC=CCC3C3CC=CC=C31)N1c3ccccc3C(C)(C)c3cccc(c31)C2(C)C. The molecule has 63 heavy (non-hydrogen) atoms. The molecule has 0 N–H and O–H groups in total. The monoisotopic (exact) mass is 814 g/mol. The lowest BCUT2D eigenvalue weighted by atomic mass is 9.64. The van der Waals surface area contributed by atoms with Crippen molar-refractivity contribution in [3.8, 4) is 11.1 Å². The topological polar surface area (TPSA) is 6.48 Å². The number of para-hydroxylation sites is 4. The lowest BCUT2D eigenvalue weighted by Gasteiger charge is -2.50. The van der Waals surface area contributed by atoms with Gasteiger partial charge in [-0.1, -0.05) is 165 Å². The van der Waals surface area contributed by atoms with Crippen molar-refractivity contribution in [2.75, 3.05) is 9.80 Å². The molecule has 1 spiro atoms. The van der Waals surface area contributed by atoms with E-state index in [9.17, 15) is 0 Å². The molecule has 4 heterocycles. The molecule has 1 fully saturated rings. The summed E-state index contributed by atoms with van der Waals surface area (Å²) in [6, 6.07) is 43.4. The highest BCUT2D eigenvalue weighted by molar-refractivity contribution is 6.00. The normalized spacial score (nSPS) is 23.4. The van der Waals surface area contributed by atoms with Crippen molar-refractivity contribution in [3.05, 3.63) is 212 Å². The predicted octanol–water partition coefficient (Wildman–Crippen LogP) is 15.5. The maximum atomic E-state index is 2.70. The minimum Gasteiger partial charge on any atom is -0.309 e. The maximum absolute atomic E-state index is 2.70. The van der Waals surface area contributed by atoms with Gasteiger partial charge in [0.15, 0.2) is 0 Å². The number of anilines is 6. The van der Waals surface area contributed by atoms with Gasteiger partial charge in [0.1, 0.15) is 0 Å². The van der Waals surface area contributed by atoms with Crippen LogP contribution in [0.1, 0.15) is 124 Å². The second kappa shape index (κ2) is 11.3. The molecule has 0 bridgehead atoms. The van der Waals surface area contributed by atoms with Crippen LogP contribution in [0.15, 0.2) is 157 Å². The molecule has 14 rings (SSSR count). The van der Waals surface area contributed by atoms with E-state index in [0.29, 0.717) is 11.8 Å². The van der Waals surface area contributed by atoms with Crippen LogP contribution in [0.5, 0.6) is 0 Å². The van der Waals surface area contributed by atoms with Crippen LogP contribution in [0.4, 0.5) is 34.1 Å². The summed E-state index contributed by atoms with van der Waals surface area (Å²) < 4.78 is 0. The Bertz CT molecular complexity index is 3050. The van der Waals surface area contributed by atoms with Gasteiger partial charge in [0.25, 0.3) is 0 Å². The molecule has 6 aromatic carbocycles. The fraction of sp³-hybridized carbons (Fsp3) is 0.279. The van der Waals surface area contributed by atoms with E-state index in [-0.39, 0.29) is 21.7 Å². The lowest BCUT2D eigenvalue weighted by molar-refractivity contribution is 0.478. The summed E-state index contributed by atoms with van der Waals surface area (Å²) in [5.74, 6) is 0.912. The van der Waals surface area contributed by atoms with Crippen molar-refractivity contribution in [2.24, 2.45) is 11.8 Å². The quantitative estimate of drug-likeness (QED) is 0.151. The van der Waals surface area contributed by atoms with Crippen LogP contribution in [0.2, 0.25) is 0 Å². The van der Waals surface area contributed by atoms with Crippen molar-refractivity contribution >= 4 is 34.1 Å². The van der Waals surface area contributed by atoms with Gasteiger partial charge in [-0.2, -0.15) is 0 Å². The van der Waals surface area contributed by atoms with E-state index in [1.807, 2.05) is 0 Å². The minimum atomic E-state index is -0.392. The Labute approximate surface area is 373 Å². The van der Waals surface area contributed by atoms with Crippen LogP contribution in [-0.2, 0) is 27.1 Å². The van der Waals surface area contributed by atoms with Gasteiger partial charge in [-0.05, 0) is 139 Å². The summed E-state index contributed by atoms with van der Waals surface area (Å²) in [5, 5.41) is 0. The average Bonchev–Trinajstić information content (AvgIpc) is 3.74. The molecule has 308 valence electrons. The molecule has 2 nitrogen and oxygen atoms in total. The smallest absolute Gasteiger partial charge is 0.0647 e. The number of benzene rings is 6. The van der Waals surface area contributed by atoms with E-state index in [4.69, 9.17) is 0 Å². The zero-order chi connectivity index (χ0) is 42.7. The minimum absolute atomic E-state index is 0.129. The third-order valence-corrected chi connectivity index (χ3v) is 17.8. The van der Waals surface area contributed by atoms with Crippen molar-refractivity contribution in [1.82, 2.24) is 0 Å². The van der Waals surface area contributed by atoms with E-state index in [1.54, 1.807) is 11.1 Å². The van der Waals surface area contributed by atoms with Crippen molar-refractivity contribution in [3.63, 3.8) is 0 Å². The molecule has 2 atom stereocenters. The van der Waals surface area contributed by atoms with Gasteiger partial charge in [0, 0.05) is 21.7 Å². The molecule has 0 radical (unpaired) electrons. The Morgan fingerprint density at radius 2 is 0.746 bits per heavy atom. The number of fused-ring (bicyclic) bond motifs is 18. The molecule has 4 aliphatic carbocycles. The molecule has 0 amide bonds. The zero-order valence-corrected chi connectivity index (χ0v) is 37.8. The summed E-state index contributed by atoms with van der Waals surface area (Å²) in [6.45, 7) is 19.6. The van der Waals surface area contributed by atoms with Gasteiger partial charge in [0.05, 0.1) is 39.5 Å². The summed E-state index contributed by atoms with van der Waals surface area (Å²) >= 11 is 0. The number of nitrogens with zero attached hydrogens (tertiary/aromatic N) is 2. The Morgan fingerprint density at radius 1 is 0.381 bits per heavy atom. The van der Waals surface area contributed by atoms with Gasteiger partial charge < -0.3 is 9.80 Å². The summed E-state index contributed by atoms with van der Waals surface area (Å²) in [6.07, 6.45) is 16.9. The first kappa shape index (κ1) is 36.4. The van der Waals surface area contributed by atoms with Crippen molar-refractivity contribution in [1.29, 1.82) is 0 Å². The average molecular weight is 815 g/mol. The highest BCUT2D eigenvalue weighted by Gasteiger charge is 2.60. The molecule has 8 aliphatic rings. The fourth-order valence-corrected chi connectivity index (χ4v) is 14.7. The molecule has 0 aromatic heterocycles. The molecule has 4 aliphatic heterocycles. The van der Waals surface area contributed by atoms with Gasteiger partial charge >= 0.3 is 0 Å². The lowest BCUT2D eigenvalue weighted by Crippen LogP contribution is -2.38. The Kier molecular flexibility index (Phi) is 6.54. The molecule has 0 saturated heterocycles. The number of rotatable bonds is 0. The number of hydrogen-bond donors (Lipinski definition) is 0. The number of hydrogen-bond acceptors (Lipinski definition) is 2. The van der Waals surface area contributed by atoms with E-state index in [1.165, 1.54) is 101 Å². The Morgan fingerprint density at radius 3 is 1.16 bits per heavy atom. The van der Waals surface area contributed by atoms with Gasteiger partial charge in [0.2, 0.25) is 0 Å². The van der Waals surface area contributed by atoms with Crippen molar-refractivity contribution in [2.45, 2.75) is 95.3 Å². The highest BCUT2D eigenvalue weighted by atomic mass is 15.2. The van der Waals surface area contributed by atoms with Crippen LogP contribution < -0.4 is 9.80 Å². The molecule has 2 heteroatoms. The second-order valence-electron chi connectivity index (χ2n) is 22.0. The summed E-state index contributed by atoms with van der Waals surface area (Å²) in [5.41, 5.74) is 27.1. The van der Waals surface area contributed by atoms with E-state index in [2.05, 4.69) is 211 Å². The maximum Gasteiger partial charge on any atom is 0.0647 e. The van der Waals surface area contributed by atoms with E-state index >= 15 is 0 Å². The molecular weight excluding hydrogens is 761 g/mol. The van der Waals surface area contributed by atoms with Crippen LogP contribution in [0.25, 0.3) is 11.1 Å². The third kappa shape index (κ3) is 3.98. The molecular formula is C61H54N2. The first-order valence-electron chi connectivity index (χ1n) is 23.5. The second-order valence-corrected chi connectivity index (χ2v) is 22.0. The number of allylic oxidation sites excluding steroid dienone is 8. The zero-order valence-electron chi connectivity index (χ0n) is 37.8. The largest absolute Gasteiger partial charge is 0.309 e. The molecule has 1 saturated carbocycles. The van der Waals surface area contributed by atoms with Gasteiger partial charge in [-0.3, -0.25) is 0 Å². The first-order valence-corrected chi connectivity index (χ1v) is 23.5. The van der Waals surface area contributed by atoms with E-state index in [0.717, 1.165) is 12.8 Å². The van der Waals surface area contributed by atoms with Crippen LogP contribution in [0, 0.1) is 11.8 Å². The van der Waals surface area contributed by atoms with E-state index < -0.39 is 5.41 Å². The highest BCUT2D eigenvalue weighted by Crippen LogP contribution is 2.71. The predicted molar refractivity (Wildman–Crippen MR) is 261 cm³/mol. The van der Waals surface area contributed by atoms with Crippen LogP contribution >= 0.6 is 0 Å². The Hall–Kier alpha value is -6.12. The fourth-order valence-electron chi connectivity index (χ4n) is 14.7. The molecule has 2 unspecified atom stereocenters. The third-order valence-electron chi connectivity index (χ3n) is 17.8. The standard InChI is InChI=1S/C61H54N2/c1-57(2)41-23-13-15-29-51(41)62-53-33-47-37(31-49(53)59(5,6)45-27-17-25-43(57)55(45)62)38-32-50-54(34-48(38)61(47)39-21-11-9-19-35(39)36-20-10-12-22-40(36)61)63-52-30-16-14-24-42(52)58(3,4)44-26-18-28-46(56(44)63)60(50,7)8/h9-18,21-36H,19-20H2,1-8H3. The van der Waals surface area contributed by atoms with Crippen LogP contribution in [0.3, 0.4) is 0 Å². The van der Waals surface area contributed by atoms with Gasteiger partial charge in [-0.15, -0.1) is 0 Å². The van der Waals surface area contributed by atoms with Gasteiger partial charge in [-0.25, -0.2) is 0 Å². The molecule has 6 aromatic rings. The Balaban J connectivity index is 1.12. The summed E-state index contributed by atoms with van der Waals surface area (Å²) in [4.78, 5) is 5.35.